The number of rotatable bonds is 4. The Balaban J connectivity index is 1.74. The number of thiocarbonyl (C=S) groups is 1. The Morgan fingerprint density at radius 2 is 1.71 bits per heavy atom. The van der Waals surface area contributed by atoms with E-state index in [0.717, 1.165) is 11.4 Å². The number of hydrogen-bond acceptors (Lipinski definition) is 5. The van der Waals surface area contributed by atoms with E-state index in [9.17, 15) is 18.0 Å². The second kappa shape index (κ2) is 8.80. The second-order valence-electron chi connectivity index (χ2n) is 7.64. The number of carbonyl (C=O) groups is 2. The summed E-state index contributed by atoms with van der Waals surface area (Å²) in [6.07, 6.45) is 1.51. The topological polar surface area (TPSA) is 114 Å². The van der Waals surface area contributed by atoms with Gasteiger partial charge in [0.25, 0.3) is 11.8 Å². The van der Waals surface area contributed by atoms with Crippen LogP contribution in [0.2, 0.25) is 5.02 Å². The van der Waals surface area contributed by atoms with E-state index in [4.69, 9.17) is 29.0 Å². The minimum Gasteiger partial charge on any atom is -0.318 e. The van der Waals surface area contributed by atoms with Crippen molar-refractivity contribution < 1.29 is 18.0 Å². The fourth-order valence-electron chi connectivity index (χ4n) is 3.78. The Labute approximate surface area is 206 Å². The number of halogens is 1. The first-order chi connectivity index (χ1) is 16.0. The van der Waals surface area contributed by atoms with Crippen LogP contribution in [0.5, 0.6) is 0 Å². The zero-order valence-electron chi connectivity index (χ0n) is 18.1. The van der Waals surface area contributed by atoms with Crippen LogP contribution < -0.4 is 15.4 Å². The van der Waals surface area contributed by atoms with E-state index < -0.39 is 21.8 Å². The molecule has 1 aromatic heterocycles. The number of anilines is 1. The third-order valence-corrected chi connectivity index (χ3v) is 6.81. The molecule has 3 N–H and O–H groups in total. The first-order valence-corrected chi connectivity index (χ1v) is 12.3. The summed E-state index contributed by atoms with van der Waals surface area (Å²) in [6.45, 7) is 3.69. The summed E-state index contributed by atoms with van der Waals surface area (Å²) in [4.78, 5) is 27.1. The third-order valence-electron chi connectivity index (χ3n) is 5.36. The van der Waals surface area contributed by atoms with Gasteiger partial charge in [0, 0.05) is 22.1 Å². The number of nitrogens with two attached hydrogens (primary N) is 1. The van der Waals surface area contributed by atoms with Gasteiger partial charge in [0.05, 0.1) is 10.6 Å². The van der Waals surface area contributed by atoms with Crippen molar-refractivity contribution in [2.75, 3.05) is 4.90 Å². The van der Waals surface area contributed by atoms with Gasteiger partial charge in [0.15, 0.2) is 5.11 Å². The maximum atomic E-state index is 13.3. The lowest BCUT2D eigenvalue weighted by atomic mass is 10.1. The normalized spacial score (nSPS) is 15.7. The smallest absolute Gasteiger partial charge is 0.270 e. The molecule has 2 amide bonds. The van der Waals surface area contributed by atoms with Crippen molar-refractivity contribution in [3.63, 3.8) is 0 Å². The molecule has 0 unspecified atom stereocenters. The molecule has 2 aromatic carbocycles. The van der Waals surface area contributed by atoms with E-state index in [-0.39, 0.29) is 15.6 Å². The van der Waals surface area contributed by atoms with Crippen LogP contribution in [0.1, 0.15) is 17.0 Å². The maximum absolute atomic E-state index is 13.3. The fourth-order valence-corrected chi connectivity index (χ4v) is 4.76. The van der Waals surface area contributed by atoms with Crippen molar-refractivity contribution in [2.24, 2.45) is 5.14 Å². The van der Waals surface area contributed by atoms with Gasteiger partial charge in [-0.15, -0.1) is 0 Å². The van der Waals surface area contributed by atoms with Crippen molar-refractivity contribution in [1.29, 1.82) is 0 Å². The number of nitrogens with zero attached hydrogens (tertiary/aromatic N) is 2. The van der Waals surface area contributed by atoms with Crippen LogP contribution in [-0.4, -0.2) is 29.9 Å². The molecule has 1 aliphatic rings. The van der Waals surface area contributed by atoms with Gasteiger partial charge in [-0.3, -0.25) is 19.8 Å². The van der Waals surface area contributed by atoms with Crippen molar-refractivity contribution in [3.05, 3.63) is 82.1 Å². The lowest BCUT2D eigenvalue weighted by Gasteiger charge is -2.29. The molecule has 2 heterocycles. The van der Waals surface area contributed by atoms with Crippen molar-refractivity contribution in [3.8, 4) is 5.69 Å². The number of hydrogen-bond donors (Lipinski definition) is 2. The summed E-state index contributed by atoms with van der Waals surface area (Å²) in [5.74, 6) is -1.17. The number of nitrogens with one attached hydrogen (secondary N) is 1. The first-order valence-electron chi connectivity index (χ1n) is 9.96. The van der Waals surface area contributed by atoms with Crippen LogP contribution in [0.15, 0.2) is 65.1 Å². The number of aryl methyl sites for hydroxylation is 1. The Morgan fingerprint density at radius 3 is 2.32 bits per heavy atom. The average Bonchev–Trinajstić information content (AvgIpc) is 3.03. The summed E-state index contributed by atoms with van der Waals surface area (Å²) in [5.41, 5.74) is 3.26. The van der Waals surface area contributed by atoms with E-state index in [1.807, 2.05) is 24.5 Å². The van der Waals surface area contributed by atoms with Gasteiger partial charge in [0.1, 0.15) is 5.57 Å². The molecular weight excluding hydrogens is 496 g/mol. The predicted octanol–water partition coefficient (Wildman–Crippen LogP) is 3.23. The molecule has 0 radical (unpaired) electrons. The Bertz CT molecular complexity index is 1490. The number of aromatic nitrogens is 1. The van der Waals surface area contributed by atoms with Gasteiger partial charge >= 0.3 is 0 Å². The number of amides is 2. The van der Waals surface area contributed by atoms with Gasteiger partial charge < -0.3 is 4.57 Å². The van der Waals surface area contributed by atoms with E-state index in [2.05, 4.69) is 5.32 Å². The van der Waals surface area contributed by atoms with Crippen LogP contribution in [0.25, 0.3) is 11.8 Å². The molecule has 1 aliphatic heterocycles. The molecule has 34 heavy (non-hydrogen) atoms. The highest BCUT2D eigenvalue weighted by molar-refractivity contribution is 7.89. The van der Waals surface area contributed by atoms with Crippen LogP contribution in [0.4, 0.5) is 5.69 Å². The van der Waals surface area contributed by atoms with E-state index in [0.29, 0.717) is 22.0 Å². The Kier molecular flexibility index (Phi) is 6.17. The molecule has 1 saturated heterocycles. The average molecular weight is 515 g/mol. The summed E-state index contributed by atoms with van der Waals surface area (Å²) in [5, 5.41) is 8.12. The zero-order chi connectivity index (χ0) is 24.8. The predicted molar refractivity (Wildman–Crippen MR) is 134 cm³/mol. The molecular formula is C23H19ClN4O4S2. The molecule has 0 bridgehead atoms. The van der Waals surface area contributed by atoms with Gasteiger partial charge in [-0.05, 0) is 86.2 Å². The molecule has 0 spiro atoms. The monoisotopic (exact) mass is 514 g/mol. The zero-order valence-corrected chi connectivity index (χ0v) is 20.5. The van der Waals surface area contributed by atoms with E-state index in [1.54, 1.807) is 36.4 Å². The van der Waals surface area contributed by atoms with Crippen LogP contribution >= 0.6 is 23.8 Å². The lowest BCUT2D eigenvalue weighted by molar-refractivity contribution is -0.122. The van der Waals surface area contributed by atoms with Crippen LogP contribution in [-0.2, 0) is 19.6 Å². The van der Waals surface area contributed by atoms with Gasteiger partial charge in [0.2, 0.25) is 10.0 Å². The first kappa shape index (κ1) is 23.8. The lowest BCUT2D eigenvalue weighted by Crippen LogP contribution is -2.54. The molecule has 11 heteroatoms. The Morgan fingerprint density at radius 1 is 1.03 bits per heavy atom. The third kappa shape index (κ3) is 4.40. The summed E-state index contributed by atoms with van der Waals surface area (Å²) in [6, 6.07) is 14.5. The minimum absolute atomic E-state index is 0.00241. The molecule has 0 saturated carbocycles. The minimum atomic E-state index is -3.81. The summed E-state index contributed by atoms with van der Waals surface area (Å²) in [7, 11) is -3.81. The van der Waals surface area contributed by atoms with Crippen molar-refractivity contribution in [2.45, 2.75) is 18.7 Å². The number of benzene rings is 2. The number of primary sulfonamides is 1. The van der Waals surface area contributed by atoms with Crippen molar-refractivity contribution in [1.82, 2.24) is 9.88 Å². The van der Waals surface area contributed by atoms with Crippen LogP contribution in [0, 0.1) is 13.8 Å². The fraction of sp³-hybridized carbons (Fsp3) is 0.0870. The van der Waals surface area contributed by atoms with Crippen molar-refractivity contribution >= 4 is 62.5 Å². The highest BCUT2D eigenvalue weighted by Gasteiger charge is 2.34. The standard InChI is InChI=1S/C23H19ClN4O4S2/c1-13-10-15(14(2)27(13)17-6-8-19(9-7-17)34(25,31)32)11-20-21(29)26-23(33)28(22(20)30)18-5-3-4-16(24)12-18/h3-12H,1-2H3,(H2,25,31,32)(H,26,29,33). The highest BCUT2D eigenvalue weighted by atomic mass is 35.5. The van der Waals surface area contributed by atoms with Crippen LogP contribution in [0.3, 0.4) is 0 Å². The maximum Gasteiger partial charge on any atom is 0.270 e. The summed E-state index contributed by atoms with van der Waals surface area (Å²) < 4.78 is 25.0. The highest BCUT2D eigenvalue weighted by Crippen LogP contribution is 2.27. The molecule has 0 atom stereocenters. The van der Waals surface area contributed by atoms with Gasteiger partial charge in [-0.2, -0.15) is 0 Å². The second-order valence-corrected chi connectivity index (χ2v) is 10.0. The van der Waals surface area contributed by atoms with E-state index >= 15 is 0 Å². The van der Waals surface area contributed by atoms with Gasteiger partial charge in [-0.25, -0.2) is 13.6 Å². The van der Waals surface area contributed by atoms with E-state index in [1.165, 1.54) is 23.1 Å². The molecule has 3 aromatic rings. The molecule has 8 nitrogen and oxygen atoms in total. The largest absolute Gasteiger partial charge is 0.318 e. The molecule has 1 fully saturated rings. The summed E-state index contributed by atoms with van der Waals surface area (Å²) >= 11 is 11.3. The SMILES string of the molecule is Cc1cc(C=C2C(=O)NC(=S)N(c3cccc(Cl)c3)C2=O)c(C)n1-c1ccc(S(N)(=O)=O)cc1. The molecule has 0 aliphatic carbocycles. The Hall–Kier alpha value is -3.31. The quantitative estimate of drug-likeness (QED) is 0.315. The molecule has 4 rings (SSSR count). The number of carbonyl (C=O) groups excluding carboxylic acids is 2. The van der Waals surface area contributed by atoms with Gasteiger partial charge in [-0.1, -0.05) is 17.7 Å². The number of sulfonamides is 1. The molecule has 174 valence electrons.